The van der Waals surface area contributed by atoms with Gasteiger partial charge in [-0.15, -0.1) is 0 Å². The molecule has 2 heterocycles. The van der Waals surface area contributed by atoms with Crippen LogP contribution in [0, 0.1) is 0 Å². The Labute approximate surface area is 181 Å². The highest BCUT2D eigenvalue weighted by molar-refractivity contribution is 7.99. The van der Waals surface area contributed by atoms with Crippen molar-refractivity contribution in [2.24, 2.45) is 0 Å². The van der Waals surface area contributed by atoms with Crippen LogP contribution in [0.25, 0.3) is 10.9 Å². The smallest absolute Gasteiger partial charge is 0.262 e. The molecule has 0 atom stereocenters. The van der Waals surface area contributed by atoms with Gasteiger partial charge in [0.25, 0.3) is 5.56 Å². The van der Waals surface area contributed by atoms with E-state index in [0.29, 0.717) is 28.6 Å². The molecule has 1 aromatic carbocycles. The Kier molecular flexibility index (Phi) is 7.41. The first-order chi connectivity index (χ1) is 14.7. The van der Waals surface area contributed by atoms with Crippen molar-refractivity contribution in [2.45, 2.75) is 49.8 Å². The highest BCUT2D eigenvalue weighted by Crippen LogP contribution is 2.20. The van der Waals surface area contributed by atoms with Crippen LogP contribution in [0.2, 0.25) is 0 Å². The SMILES string of the molecule is O=C(CSc1nc2ccccc2c(=O)n1CCN1CCOCC1)NC1CCCCC1. The largest absolute Gasteiger partial charge is 0.379 e. The van der Waals surface area contributed by atoms with E-state index in [1.54, 1.807) is 4.57 Å². The molecular weight excluding hydrogens is 400 g/mol. The summed E-state index contributed by atoms with van der Waals surface area (Å²) in [6.07, 6.45) is 5.76. The predicted molar refractivity (Wildman–Crippen MR) is 119 cm³/mol. The summed E-state index contributed by atoms with van der Waals surface area (Å²) in [4.78, 5) is 32.7. The maximum atomic E-state index is 13.1. The highest BCUT2D eigenvalue weighted by Gasteiger charge is 2.18. The van der Waals surface area contributed by atoms with Gasteiger partial charge in [0.2, 0.25) is 5.91 Å². The number of thioether (sulfide) groups is 1. The molecule has 162 valence electrons. The molecule has 2 fully saturated rings. The van der Waals surface area contributed by atoms with Crippen LogP contribution < -0.4 is 10.9 Å². The van der Waals surface area contributed by atoms with Gasteiger partial charge in [0.15, 0.2) is 5.16 Å². The van der Waals surface area contributed by atoms with Gasteiger partial charge in [0.05, 0.1) is 29.9 Å². The number of carbonyl (C=O) groups is 1. The third kappa shape index (κ3) is 5.42. The molecule has 1 saturated heterocycles. The summed E-state index contributed by atoms with van der Waals surface area (Å²) in [6.45, 7) is 4.54. The van der Waals surface area contributed by atoms with E-state index in [1.807, 2.05) is 24.3 Å². The second kappa shape index (κ2) is 10.4. The molecular formula is C22H30N4O3S. The lowest BCUT2D eigenvalue weighted by atomic mass is 9.95. The maximum absolute atomic E-state index is 13.1. The van der Waals surface area contributed by atoms with Crippen LogP contribution in [-0.4, -0.2) is 65.0 Å². The summed E-state index contributed by atoms with van der Waals surface area (Å²) in [7, 11) is 0. The fraction of sp³-hybridized carbons (Fsp3) is 0.591. The van der Waals surface area contributed by atoms with Gasteiger partial charge in [-0.2, -0.15) is 0 Å². The van der Waals surface area contributed by atoms with Gasteiger partial charge in [-0.05, 0) is 25.0 Å². The Bertz CT molecular complexity index is 920. The number of fused-ring (bicyclic) bond motifs is 1. The third-order valence-electron chi connectivity index (χ3n) is 5.87. The molecule has 0 radical (unpaired) electrons. The van der Waals surface area contributed by atoms with E-state index in [0.717, 1.165) is 45.7 Å². The molecule has 2 aliphatic rings. The quantitative estimate of drug-likeness (QED) is 0.536. The number of hydrogen-bond donors (Lipinski definition) is 1. The molecule has 1 aliphatic heterocycles. The first-order valence-electron chi connectivity index (χ1n) is 10.9. The summed E-state index contributed by atoms with van der Waals surface area (Å²) >= 11 is 1.36. The van der Waals surface area contributed by atoms with E-state index in [9.17, 15) is 9.59 Å². The van der Waals surface area contributed by atoms with E-state index < -0.39 is 0 Å². The number of amides is 1. The van der Waals surface area contributed by atoms with Crippen molar-refractivity contribution in [3.05, 3.63) is 34.6 Å². The van der Waals surface area contributed by atoms with Crippen LogP contribution in [0.4, 0.5) is 0 Å². The summed E-state index contributed by atoms with van der Waals surface area (Å²) in [5.74, 6) is 0.299. The van der Waals surface area contributed by atoms with Gasteiger partial charge in [-0.3, -0.25) is 19.1 Å². The maximum Gasteiger partial charge on any atom is 0.262 e. The number of aromatic nitrogens is 2. The Morgan fingerprint density at radius 1 is 1.13 bits per heavy atom. The topological polar surface area (TPSA) is 76.5 Å². The molecule has 4 rings (SSSR count). The number of para-hydroxylation sites is 1. The number of nitrogens with zero attached hydrogens (tertiary/aromatic N) is 3. The van der Waals surface area contributed by atoms with Crippen molar-refractivity contribution < 1.29 is 9.53 Å². The normalized spacial score (nSPS) is 18.5. The van der Waals surface area contributed by atoms with Crippen LogP contribution in [0.3, 0.4) is 0 Å². The lowest BCUT2D eigenvalue weighted by molar-refractivity contribution is -0.119. The van der Waals surface area contributed by atoms with Crippen molar-refractivity contribution in [1.29, 1.82) is 0 Å². The molecule has 1 amide bonds. The fourth-order valence-electron chi connectivity index (χ4n) is 4.17. The van der Waals surface area contributed by atoms with Crippen LogP contribution in [0.5, 0.6) is 0 Å². The Morgan fingerprint density at radius 3 is 2.70 bits per heavy atom. The van der Waals surface area contributed by atoms with E-state index in [4.69, 9.17) is 9.72 Å². The summed E-state index contributed by atoms with van der Waals surface area (Å²) in [6, 6.07) is 7.72. The standard InChI is InChI=1S/C22H30N4O3S/c27-20(23-17-6-2-1-3-7-17)16-30-22-24-19-9-5-4-8-18(19)21(28)26(22)11-10-25-12-14-29-15-13-25/h4-5,8-9,17H,1-3,6-7,10-16H2,(H,23,27). The molecule has 2 aromatic rings. The zero-order valence-electron chi connectivity index (χ0n) is 17.3. The van der Waals surface area contributed by atoms with Gasteiger partial charge in [0, 0.05) is 32.2 Å². The Balaban J connectivity index is 1.48. The third-order valence-corrected chi connectivity index (χ3v) is 6.85. The summed E-state index contributed by atoms with van der Waals surface area (Å²) in [5.41, 5.74) is 0.643. The molecule has 7 nitrogen and oxygen atoms in total. The van der Waals surface area contributed by atoms with E-state index >= 15 is 0 Å². The van der Waals surface area contributed by atoms with Gasteiger partial charge >= 0.3 is 0 Å². The minimum atomic E-state index is -0.0379. The Morgan fingerprint density at radius 2 is 1.90 bits per heavy atom. The first-order valence-corrected chi connectivity index (χ1v) is 11.9. The zero-order valence-corrected chi connectivity index (χ0v) is 18.2. The van der Waals surface area contributed by atoms with E-state index in [1.165, 1.54) is 31.0 Å². The molecule has 1 saturated carbocycles. The van der Waals surface area contributed by atoms with Crippen molar-refractivity contribution >= 4 is 28.6 Å². The molecule has 0 spiro atoms. The lowest BCUT2D eigenvalue weighted by Gasteiger charge is -2.27. The number of morpholine rings is 1. The predicted octanol–water partition coefficient (Wildman–Crippen LogP) is 2.27. The number of rotatable bonds is 7. The average molecular weight is 431 g/mol. The van der Waals surface area contributed by atoms with Crippen molar-refractivity contribution in [3.8, 4) is 0 Å². The molecule has 1 aliphatic carbocycles. The van der Waals surface area contributed by atoms with Crippen LogP contribution >= 0.6 is 11.8 Å². The van der Waals surface area contributed by atoms with Gasteiger partial charge < -0.3 is 10.1 Å². The number of carbonyl (C=O) groups excluding carboxylic acids is 1. The van der Waals surface area contributed by atoms with Crippen LogP contribution in [-0.2, 0) is 16.1 Å². The average Bonchev–Trinajstić information content (AvgIpc) is 2.78. The molecule has 0 bridgehead atoms. The van der Waals surface area contributed by atoms with Crippen LogP contribution in [0.15, 0.2) is 34.2 Å². The fourth-order valence-corrected chi connectivity index (χ4v) is 5.00. The minimum Gasteiger partial charge on any atom is -0.379 e. The minimum absolute atomic E-state index is 0.0223. The lowest BCUT2D eigenvalue weighted by Crippen LogP contribution is -2.40. The van der Waals surface area contributed by atoms with Crippen LogP contribution in [0.1, 0.15) is 32.1 Å². The number of ether oxygens (including phenoxy) is 1. The molecule has 30 heavy (non-hydrogen) atoms. The van der Waals surface area contributed by atoms with Gasteiger partial charge in [-0.25, -0.2) is 4.98 Å². The number of nitrogens with one attached hydrogen (secondary N) is 1. The van der Waals surface area contributed by atoms with Gasteiger partial charge in [-0.1, -0.05) is 43.2 Å². The summed E-state index contributed by atoms with van der Waals surface area (Å²) < 4.78 is 7.15. The molecule has 8 heteroatoms. The summed E-state index contributed by atoms with van der Waals surface area (Å²) in [5, 5.41) is 4.38. The van der Waals surface area contributed by atoms with E-state index in [2.05, 4.69) is 10.2 Å². The van der Waals surface area contributed by atoms with Gasteiger partial charge in [0.1, 0.15) is 0 Å². The second-order valence-corrected chi connectivity index (χ2v) is 8.96. The second-order valence-electron chi connectivity index (χ2n) is 8.01. The highest BCUT2D eigenvalue weighted by atomic mass is 32.2. The van der Waals surface area contributed by atoms with Crippen molar-refractivity contribution in [3.63, 3.8) is 0 Å². The van der Waals surface area contributed by atoms with Crippen molar-refractivity contribution in [1.82, 2.24) is 19.8 Å². The number of hydrogen-bond acceptors (Lipinski definition) is 6. The molecule has 1 aromatic heterocycles. The van der Waals surface area contributed by atoms with Crippen molar-refractivity contribution in [2.75, 3.05) is 38.6 Å². The van der Waals surface area contributed by atoms with E-state index in [-0.39, 0.29) is 17.2 Å². The number of benzene rings is 1. The zero-order chi connectivity index (χ0) is 20.8. The molecule has 0 unspecified atom stereocenters. The first kappa shape index (κ1) is 21.3. The molecule has 1 N–H and O–H groups in total. The Hall–Kier alpha value is -1.90. The monoisotopic (exact) mass is 430 g/mol.